The fraction of sp³-hybridized carbons (Fsp3) is 0.120. The molecule has 4 rings (SSSR count). The summed E-state index contributed by atoms with van der Waals surface area (Å²) < 4.78 is 11.3. The van der Waals surface area contributed by atoms with Gasteiger partial charge in [-0.25, -0.2) is 0 Å². The topological polar surface area (TPSA) is 55.8 Å². The van der Waals surface area contributed by atoms with Gasteiger partial charge in [-0.05, 0) is 53.2 Å². The van der Waals surface area contributed by atoms with Crippen molar-refractivity contribution in [2.45, 2.75) is 6.54 Å². The maximum Gasteiger partial charge on any atom is 0.293 e. The van der Waals surface area contributed by atoms with Crippen LogP contribution in [0.2, 0.25) is 0 Å². The number of ether oxygens (including phenoxy) is 2. The molecule has 6 heteroatoms. The van der Waals surface area contributed by atoms with Crippen molar-refractivity contribution in [3.63, 3.8) is 0 Å². The Morgan fingerprint density at radius 1 is 0.742 bits per heavy atom. The van der Waals surface area contributed by atoms with E-state index < -0.39 is 0 Å². The van der Waals surface area contributed by atoms with Gasteiger partial charge in [0.2, 0.25) is 0 Å². The predicted molar refractivity (Wildman–Crippen MR) is 122 cm³/mol. The van der Waals surface area contributed by atoms with Crippen LogP contribution in [0.5, 0.6) is 11.5 Å². The van der Waals surface area contributed by atoms with Gasteiger partial charge >= 0.3 is 0 Å². The number of para-hydroxylation sites is 1. The summed E-state index contributed by atoms with van der Waals surface area (Å²) in [6.45, 7) is 1.15. The highest BCUT2D eigenvalue weighted by Gasteiger charge is 2.34. The van der Waals surface area contributed by atoms with Gasteiger partial charge in [-0.3, -0.25) is 14.5 Å². The summed E-state index contributed by atoms with van der Waals surface area (Å²) in [6, 6.07) is 26.5. The molecule has 1 aliphatic heterocycles. The summed E-state index contributed by atoms with van der Waals surface area (Å²) in [5.41, 5.74) is 1.75. The average Bonchev–Trinajstić information content (AvgIpc) is 3.06. The van der Waals surface area contributed by atoms with Crippen molar-refractivity contribution < 1.29 is 19.1 Å². The molecule has 0 saturated carbocycles. The second-order valence-electron chi connectivity index (χ2n) is 6.83. The second-order valence-corrected chi connectivity index (χ2v) is 7.83. The van der Waals surface area contributed by atoms with Gasteiger partial charge in [0.1, 0.15) is 24.7 Å². The van der Waals surface area contributed by atoms with E-state index in [0.29, 0.717) is 23.9 Å². The van der Waals surface area contributed by atoms with E-state index in [9.17, 15) is 9.59 Å². The quantitative estimate of drug-likeness (QED) is 0.354. The third-order valence-corrected chi connectivity index (χ3v) is 5.51. The fourth-order valence-corrected chi connectivity index (χ4v) is 3.89. The summed E-state index contributed by atoms with van der Waals surface area (Å²) >= 11 is 0.966. The first-order valence-electron chi connectivity index (χ1n) is 9.89. The number of carbonyl (C=O) groups is 2. The predicted octanol–water partition coefficient (Wildman–Crippen LogP) is 5.38. The highest BCUT2D eigenvalue weighted by Crippen LogP contribution is 2.33. The molecule has 0 radical (unpaired) electrons. The zero-order valence-corrected chi connectivity index (χ0v) is 17.6. The third-order valence-electron chi connectivity index (χ3n) is 4.60. The summed E-state index contributed by atoms with van der Waals surface area (Å²) in [5.74, 6) is 1.26. The van der Waals surface area contributed by atoms with Gasteiger partial charge in [-0.2, -0.15) is 0 Å². The zero-order valence-electron chi connectivity index (χ0n) is 16.8. The second kappa shape index (κ2) is 10.00. The van der Waals surface area contributed by atoms with Crippen LogP contribution >= 0.6 is 11.8 Å². The number of amides is 2. The molecule has 3 aromatic carbocycles. The lowest BCUT2D eigenvalue weighted by Crippen LogP contribution is -2.27. The van der Waals surface area contributed by atoms with Crippen LogP contribution in [-0.2, 0) is 11.3 Å². The van der Waals surface area contributed by atoms with Crippen molar-refractivity contribution in [3.05, 3.63) is 101 Å². The van der Waals surface area contributed by atoms with Gasteiger partial charge in [-0.1, -0.05) is 60.7 Å². The monoisotopic (exact) mass is 431 g/mol. The first-order valence-corrected chi connectivity index (χ1v) is 10.7. The van der Waals surface area contributed by atoms with E-state index in [2.05, 4.69) is 0 Å². The molecular weight excluding hydrogens is 410 g/mol. The van der Waals surface area contributed by atoms with E-state index in [0.717, 1.165) is 28.6 Å². The summed E-state index contributed by atoms with van der Waals surface area (Å²) in [5, 5.41) is -0.251. The molecule has 0 N–H and O–H groups in total. The van der Waals surface area contributed by atoms with Crippen molar-refractivity contribution in [1.29, 1.82) is 0 Å². The maximum atomic E-state index is 12.7. The minimum absolute atomic E-state index is 0.251. The van der Waals surface area contributed by atoms with Crippen LogP contribution in [0, 0.1) is 0 Å². The highest BCUT2D eigenvalue weighted by molar-refractivity contribution is 8.18. The standard InChI is InChI=1S/C25H21NO4S/c27-24-23(31-25(28)26(24)18-20-7-3-1-4-8-20)17-19-11-13-22(14-12-19)30-16-15-29-21-9-5-2-6-10-21/h1-14,17H,15-16,18H2/b23-17+. The van der Waals surface area contributed by atoms with Crippen LogP contribution in [0.4, 0.5) is 4.79 Å². The smallest absolute Gasteiger partial charge is 0.293 e. The molecule has 156 valence electrons. The van der Waals surface area contributed by atoms with Crippen LogP contribution in [0.1, 0.15) is 11.1 Å². The normalized spacial score (nSPS) is 14.8. The molecule has 1 fully saturated rings. The highest BCUT2D eigenvalue weighted by atomic mass is 32.2. The molecule has 0 bridgehead atoms. The Balaban J connectivity index is 1.31. The van der Waals surface area contributed by atoms with E-state index in [1.54, 1.807) is 6.08 Å². The fourth-order valence-electron chi connectivity index (χ4n) is 3.05. The first-order chi connectivity index (χ1) is 15.2. The lowest BCUT2D eigenvalue weighted by molar-refractivity contribution is -0.123. The summed E-state index contributed by atoms with van der Waals surface area (Å²) in [6.07, 6.45) is 1.73. The molecule has 3 aromatic rings. The van der Waals surface area contributed by atoms with Gasteiger partial charge < -0.3 is 9.47 Å². The average molecular weight is 432 g/mol. The van der Waals surface area contributed by atoms with E-state index in [1.807, 2.05) is 84.9 Å². The van der Waals surface area contributed by atoms with Crippen molar-refractivity contribution >= 4 is 29.0 Å². The van der Waals surface area contributed by atoms with Crippen LogP contribution in [0.3, 0.4) is 0 Å². The molecule has 0 unspecified atom stereocenters. The number of nitrogens with zero attached hydrogens (tertiary/aromatic N) is 1. The Hall–Kier alpha value is -3.51. The van der Waals surface area contributed by atoms with Gasteiger partial charge in [-0.15, -0.1) is 0 Å². The van der Waals surface area contributed by atoms with Crippen molar-refractivity contribution in [3.8, 4) is 11.5 Å². The number of thioether (sulfide) groups is 1. The lowest BCUT2D eigenvalue weighted by atomic mass is 10.2. The van der Waals surface area contributed by atoms with Crippen LogP contribution in [0.15, 0.2) is 89.8 Å². The van der Waals surface area contributed by atoms with Crippen LogP contribution < -0.4 is 9.47 Å². The summed E-state index contributed by atoms with van der Waals surface area (Å²) in [4.78, 5) is 26.6. The zero-order chi connectivity index (χ0) is 21.5. The SMILES string of the molecule is O=C1S/C(=C/c2ccc(OCCOc3ccccc3)cc2)C(=O)N1Cc1ccccc1. The van der Waals surface area contributed by atoms with Crippen LogP contribution in [-0.4, -0.2) is 29.3 Å². The minimum atomic E-state index is -0.266. The van der Waals surface area contributed by atoms with Gasteiger partial charge in [0, 0.05) is 0 Å². The molecule has 0 atom stereocenters. The Kier molecular flexibility index (Phi) is 6.69. The molecule has 1 saturated heterocycles. The molecule has 31 heavy (non-hydrogen) atoms. The molecular formula is C25H21NO4S. The summed E-state index contributed by atoms with van der Waals surface area (Å²) in [7, 11) is 0. The lowest BCUT2D eigenvalue weighted by Gasteiger charge is -2.12. The van der Waals surface area contributed by atoms with E-state index in [-0.39, 0.29) is 17.7 Å². The van der Waals surface area contributed by atoms with Crippen LogP contribution in [0.25, 0.3) is 6.08 Å². The number of rotatable bonds is 8. The maximum absolute atomic E-state index is 12.7. The minimum Gasteiger partial charge on any atom is -0.490 e. The number of carbonyl (C=O) groups excluding carboxylic acids is 2. The third kappa shape index (κ3) is 5.55. The Bertz CT molecular complexity index is 1070. The van der Waals surface area contributed by atoms with E-state index in [1.165, 1.54) is 4.90 Å². The van der Waals surface area contributed by atoms with Crippen molar-refractivity contribution in [1.82, 2.24) is 4.90 Å². The van der Waals surface area contributed by atoms with E-state index in [4.69, 9.17) is 9.47 Å². The van der Waals surface area contributed by atoms with Gasteiger partial charge in [0.05, 0.1) is 11.4 Å². The van der Waals surface area contributed by atoms with E-state index >= 15 is 0 Å². The molecule has 0 aliphatic carbocycles. The number of imide groups is 1. The molecule has 0 aromatic heterocycles. The van der Waals surface area contributed by atoms with Gasteiger partial charge in [0.25, 0.3) is 11.1 Å². The molecule has 5 nitrogen and oxygen atoms in total. The Morgan fingerprint density at radius 2 is 1.32 bits per heavy atom. The number of hydrogen-bond acceptors (Lipinski definition) is 5. The largest absolute Gasteiger partial charge is 0.490 e. The molecule has 1 heterocycles. The molecule has 2 amide bonds. The first kappa shape index (κ1) is 20.8. The number of hydrogen-bond donors (Lipinski definition) is 0. The Morgan fingerprint density at radius 3 is 1.97 bits per heavy atom. The van der Waals surface area contributed by atoms with Crippen molar-refractivity contribution in [2.24, 2.45) is 0 Å². The molecule has 1 aliphatic rings. The van der Waals surface area contributed by atoms with Gasteiger partial charge in [0.15, 0.2) is 0 Å². The Labute approximate surface area is 185 Å². The van der Waals surface area contributed by atoms with Crippen molar-refractivity contribution in [2.75, 3.05) is 13.2 Å². The number of benzene rings is 3. The molecule has 0 spiro atoms.